The van der Waals surface area contributed by atoms with Gasteiger partial charge in [0.2, 0.25) is 6.41 Å². The molecule has 0 saturated carbocycles. The summed E-state index contributed by atoms with van der Waals surface area (Å²) in [5.74, 6) is 4.14. The van der Waals surface area contributed by atoms with Crippen molar-refractivity contribution in [1.82, 2.24) is 4.98 Å². The van der Waals surface area contributed by atoms with Crippen LogP contribution in [0.2, 0.25) is 5.02 Å². The number of anilines is 1. The first-order chi connectivity index (χ1) is 9.45. The van der Waals surface area contributed by atoms with Gasteiger partial charge in [-0.15, -0.1) is 0 Å². The maximum atomic E-state index is 12.9. The van der Waals surface area contributed by atoms with Crippen LogP contribution in [-0.4, -0.2) is 17.3 Å². The van der Waals surface area contributed by atoms with Crippen molar-refractivity contribution in [2.45, 2.75) is 0 Å². The van der Waals surface area contributed by atoms with Crippen LogP contribution in [-0.2, 0) is 4.79 Å². The zero-order valence-electron chi connectivity index (χ0n) is 10.1. The van der Waals surface area contributed by atoms with Crippen molar-refractivity contribution in [2.75, 3.05) is 5.01 Å². The van der Waals surface area contributed by atoms with E-state index in [-0.39, 0.29) is 16.4 Å². The molecule has 1 heterocycles. The monoisotopic (exact) mass is 296 g/mol. The van der Waals surface area contributed by atoms with Crippen LogP contribution in [0.5, 0.6) is 0 Å². The third-order valence-electron chi connectivity index (χ3n) is 2.67. The second-order valence-electron chi connectivity index (χ2n) is 3.92. The van der Waals surface area contributed by atoms with Gasteiger partial charge in [-0.3, -0.25) is 9.59 Å². The van der Waals surface area contributed by atoms with Crippen molar-refractivity contribution in [3.05, 3.63) is 40.7 Å². The van der Waals surface area contributed by atoms with Gasteiger partial charge in [0.1, 0.15) is 17.2 Å². The summed E-state index contributed by atoms with van der Waals surface area (Å²) < 4.78 is 12.9. The van der Waals surface area contributed by atoms with E-state index in [9.17, 15) is 14.0 Å². The molecule has 1 aromatic carbocycles. The van der Waals surface area contributed by atoms with Crippen LogP contribution in [0.1, 0.15) is 10.4 Å². The molecule has 0 bridgehead atoms. The summed E-state index contributed by atoms with van der Waals surface area (Å²) in [5, 5.41) is 0.662. The highest BCUT2D eigenvalue weighted by molar-refractivity contribution is 6.37. The van der Waals surface area contributed by atoms with Crippen LogP contribution in [0.3, 0.4) is 0 Å². The van der Waals surface area contributed by atoms with Crippen molar-refractivity contribution in [2.24, 2.45) is 11.6 Å². The molecular formula is C12H10ClFN4O2. The fraction of sp³-hybridized carbons (Fsp3) is 0. The Morgan fingerprint density at radius 1 is 1.35 bits per heavy atom. The van der Waals surface area contributed by atoms with Crippen LogP contribution in [0.25, 0.3) is 11.3 Å². The van der Waals surface area contributed by atoms with E-state index in [0.29, 0.717) is 22.7 Å². The summed E-state index contributed by atoms with van der Waals surface area (Å²) in [4.78, 5) is 24.9. The third kappa shape index (κ3) is 2.36. The molecule has 2 amide bonds. The summed E-state index contributed by atoms with van der Waals surface area (Å²) in [6.07, 6.45) is 0.295. The van der Waals surface area contributed by atoms with Crippen molar-refractivity contribution in [3.63, 3.8) is 0 Å². The first-order valence-corrected chi connectivity index (χ1v) is 5.80. The average molecular weight is 297 g/mol. The molecule has 20 heavy (non-hydrogen) atoms. The number of halogens is 2. The number of H-pyrrole nitrogens is 1. The molecule has 2 rings (SSSR count). The Kier molecular flexibility index (Phi) is 3.73. The van der Waals surface area contributed by atoms with Crippen LogP contribution in [0.4, 0.5) is 10.2 Å². The number of hydrazine groups is 1. The minimum Gasteiger partial charge on any atom is -0.365 e. The Labute approximate surface area is 118 Å². The Morgan fingerprint density at radius 2 is 1.95 bits per heavy atom. The quantitative estimate of drug-likeness (QED) is 0.344. The zero-order chi connectivity index (χ0) is 14.9. The topological polar surface area (TPSA) is 105 Å². The number of primary amides is 1. The third-order valence-corrected chi connectivity index (χ3v) is 3.05. The van der Waals surface area contributed by atoms with Crippen LogP contribution >= 0.6 is 11.6 Å². The fourth-order valence-corrected chi connectivity index (χ4v) is 2.09. The molecule has 8 heteroatoms. The molecule has 0 aliphatic heterocycles. The van der Waals surface area contributed by atoms with Crippen LogP contribution in [0.15, 0.2) is 24.3 Å². The molecule has 0 radical (unpaired) electrons. The molecule has 0 fully saturated rings. The van der Waals surface area contributed by atoms with E-state index in [2.05, 4.69) is 4.98 Å². The molecular weight excluding hydrogens is 287 g/mol. The molecule has 6 nitrogen and oxygen atoms in total. The maximum Gasteiger partial charge on any atom is 0.254 e. The Hall–Kier alpha value is -2.38. The average Bonchev–Trinajstić information content (AvgIpc) is 2.76. The summed E-state index contributed by atoms with van der Waals surface area (Å²) >= 11 is 6.08. The van der Waals surface area contributed by atoms with E-state index in [0.717, 1.165) is 0 Å². The predicted octanol–water partition coefficient (Wildman–Crippen LogP) is 1.41. The molecule has 0 spiro atoms. The SMILES string of the molecule is NC(=O)c1c(N(N)C=O)[nH]c(-c2ccc(F)cc2)c1Cl. The lowest BCUT2D eigenvalue weighted by Gasteiger charge is -2.08. The highest BCUT2D eigenvalue weighted by Crippen LogP contribution is 2.35. The normalized spacial score (nSPS) is 10.3. The largest absolute Gasteiger partial charge is 0.365 e. The highest BCUT2D eigenvalue weighted by Gasteiger charge is 2.23. The molecule has 1 aromatic heterocycles. The number of carbonyl (C=O) groups is 2. The zero-order valence-corrected chi connectivity index (χ0v) is 10.8. The smallest absolute Gasteiger partial charge is 0.254 e. The number of hydrogen-bond acceptors (Lipinski definition) is 3. The summed E-state index contributed by atoms with van der Waals surface area (Å²) in [5.41, 5.74) is 5.94. The Bertz CT molecular complexity index is 669. The molecule has 0 aliphatic rings. The van der Waals surface area contributed by atoms with E-state index < -0.39 is 11.7 Å². The van der Waals surface area contributed by atoms with E-state index in [1.165, 1.54) is 24.3 Å². The Morgan fingerprint density at radius 3 is 2.45 bits per heavy atom. The van der Waals surface area contributed by atoms with Gasteiger partial charge in [-0.25, -0.2) is 15.2 Å². The van der Waals surface area contributed by atoms with Gasteiger partial charge in [0, 0.05) is 0 Å². The summed E-state index contributed by atoms with van der Waals surface area (Å²) in [7, 11) is 0. The molecule has 0 aliphatic carbocycles. The molecule has 0 atom stereocenters. The number of nitrogens with zero attached hydrogens (tertiary/aromatic N) is 1. The van der Waals surface area contributed by atoms with E-state index in [4.69, 9.17) is 23.2 Å². The number of nitrogens with one attached hydrogen (secondary N) is 1. The van der Waals surface area contributed by atoms with Gasteiger partial charge in [-0.2, -0.15) is 0 Å². The first kappa shape index (κ1) is 14.0. The van der Waals surface area contributed by atoms with Crippen molar-refractivity contribution >= 4 is 29.7 Å². The lowest BCUT2D eigenvalue weighted by atomic mass is 10.1. The second kappa shape index (κ2) is 5.32. The number of carbonyl (C=O) groups excluding carboxylic acids is 2. The number of benzene rings is 1. The van der Waals surface area contributed by atoms with E-state index in [1.54, 1.807) is 0 Å². The lowest BCUT2D eigenvalue weighted by Crippen LogP contribution is -2.31. The van der Waals surface area contributed by atoms with E-state index >= 15 is 0 Å². The van der Waals surface area contributed by atoms with Gasteiger partial charge in [-0.05, 0) is 29.8 Å². The van der Waals surface area contributed by atoms with Gasteiger partial charge in [-0.1, -0.05) is 11.6 Å². The van der Waals surface area contributed by atoms with Gasteiger partial charge in [0.05, 0.1) is 10.7 Å². The highest BCUT2D eigenvalue weighted by atomic mass is 35.5. The van der Waals surface area contributed by atoms with Crippen molar-refractivity contribution < 1.29 is 14.0 Å². The first-order valence-electron chi connectivity index (χ1n) is 5.42. The maximum absolute atomic E-state index is 12.9. The number of hydrogen-bond donors (Lipinski definition) is 3. The van der Waals surface area contributed by atoms with Gasteiger partial charge in [0.25, 0.3) is 5.91 Å². The minimum absolute atomic E-state index is 0.0106. The van der Waals surface area contributed by atoms with Crippen LogP contribution < -0.4 is 16.6 Å². The summed E-state index contributed by atoms with van der Waals surface area (Å²) in [6.45, 7) is 0. The minimum atomic E-state index is -0.841. The molecule has 0 saturated heterocycles. The number of aromatic nitrogens is 1. The fourth-order valence-electron chi connectivity index (χ4n) is 1.75. The standard InChI is InChI=1S/C12H10ClFN4O2/c13-9-8(11(15)20)12(18(16)5-19)17-10(9)6-1-3-7(14)4-2-6/h1-5,17H,16H2,(H2,15,20). The van der Waals surface area contributed by atoms with Gasteiger partial charge < -0.3 is 10.7 Å². The predicted molar refractivity (Wildman–Crippen MR) is 72.4 cm³/mol. The number of nitrogens with two attached hydrogens (primary N) is 2. The van der Waals surface area contributed by atoms with E-state index in [1.807, 2.05) is 0 Å². The molecule has 2 aromatic rings. The van der Waals surface area contributed by atoms with Crippen molar-refractivity contribution in [3.8, 4) is 11.3 Å². The summed E-state index contributed by atoms with van der Waals surface area (Å²) in [6, 6.07) is 5.39. The van der Waals surface area contributed by atoms with Gasteiger partial charge >= 0.3 is 0 Å². The Balaban J connectivity index is 2.63. The molecule has 5 N–H and O–H groups in total. The number of amides is 2. The number of aromatic amines is 1. The lowest BCUT2D eigenvalue weighted by molar-refractivity contribution is -0.107. The molecule has 104 valence electrons. The van der Waals surface area contributed by atoms with Gasteiger partial charge in [0.15, 0.2) is 0 Å². The van der Waals surface area contributed by atoms with Crippen LogP contribution in [0, 0.1) is 5.82 Å². The van der Waals surface area contributed by atoms with Crippen molar-refractivity contribution in [1.29, 1.82) is 0 Å². The second-order valence-corrected chi connectivity index (χ2v) is 4.30. The number of rotatable bonds is 4. The molecule has 0 unspecified atom stereocenters.